The lowest BCUT2D eigenvalue weighted by Crippen LogP contribution is -2.18. The van der Waals surface area contributed by atoms with Gasteiger partial charge in [-0.05, 0) is 6.42 Å². The van der Waals surface area contributed by atoms with Crippen LogP contribution < -0.4 is 11.5 Å². The zero-order valence-corrected chi connectivity index (χ0v) is 5.60. The molecule has 1 atom stereocenters. The Morgan fingerprint density at radius 3 is 2.67 bits per heavy atom. The molecule has 3 heteroatoms. The van der Waals surface area contributed by atoms with Crippen LogP contribution in [-0.4, -0.2) is 6.04 Å². The van der Waals surface area contributed by atoms with Gasteiger partial charge in [0.15, 0.2) is 0 Å². The van der Waals surface area contributed by atoms with E-state index in [1.807, 2.05) is 6.92 Å². The fraction of sp³-hybridized carbons (Fsp3) is 0.667. The normalized spacial score (nSPS) is 15.7. The molecule has 0 aliphatic rings. The first kappa shape index (κ1) is 8.43. The minimum absolute atomic E-state index is 0.0928. The van der Waals surface area contributed by atoms with E-state index in [0.29, 0.717) is 0 Å². The highest BCUT2D eigenvalue weighted by atomic mass is 19.1. The number of halogens is 1. The van der Waals surface area contributed by atoms with Crippen molar-refractivity contribution in [2.24, 2.45) is 11.5 Å². The van der Waals surface area contributed by atoms with E-state index in [-0.39, 0.29) is 18.3 Å². The third-order valence-electron chi connectivity index (χ3n) is 1.16. The second-order valence-corrected chi connectivity index (χ2v) is 1.99. The lowest BCUT2D eigenvalue weighted by Gasteiger charge is -2.04. The van der Waals surface area contributed by atoms with Gasteiger partial charge in [0.1, 0.15) is 5.83 Å². The minimum Gasteiger partial charge on any atom is -0.403 e. The number of hydrogen-bond acceptors (Lipinski definition) is 2. The second kappa shape index (κ2) is 4.32. The number of hydrogen-bond donors (Lipinski definition) is 2. The second-order valence-electron chi connectivity index (χ2n) is 1.99. The van der Waals surface area contributed by atoms with Crippen molar-refractivity contribution >= 4 is 0 Å². The van der Waals surface area contributed by atoms with Gasteiger partial charge in [-0.1, -0.05) is 6.92 Å². The molecular formula is C6H13FN2. The van der Waals surface area contributed by atoms with Crippen LogP contribution >= 0.6 is 0 Å². The summed E-state index contributed by atoms with van der Waals surface area (Å²) in [5, 5.41) is 0. The molecule has 0 saturated heterocycles. The Bertz CT molecular complexity index is 101. The largest absolute Gasteiger partial charge is 0.403 e. The summed E-state index contributed by atoms with van der Waals surface area (Å²) < 4.78 is 12.2. The first-order valence-corrected chi connectivity index (χ1v) is 3.02. The Labute approximate surface area is 54.7 Å². The van der Waals surface area contributed by atoms with Crippen LogP contribution in [-0.2, 0) is 0 Å². The summed E-state index contributed by atoms with van der Waals surface area (Å²) >= 11 is 0. The highest BCUT2D eigenvalue weighted by Crippen LogP contribution is 2.04. The van der Waals surface area contributed by atoms with Gasteiger partial charge in [-0.3, -0.25) is 0 Å². The Morgan fingerprint density at radius 1 is 1.78 bits per heavy atom. The van der Waals surface area contributed by atoms with Crippen molar-refractivity contribution in [3.63, 3.8) is 0 Å². The van der Waals surface area contributed by atoms with Crippen molar-refractivity contribution < 1.29 is 4.39 Å². The predicted molar refractivity (Wildman–Crippen MR) is 36.3 cm³/mol. The maximum absolute atomic E-state index is 12.2. The zero-order valence-electron chi connectivity index (χ0n) is 5.60. The van der Waals surface area contributed by atoms with E-state index in [2.05, 4.69) is 0 Å². The van der Waals surface area contributed by atoms with Crippen LogP contribution in [0.25, 0.3) is 0 Å². The average Bonchev–Trinajstić information content (AvgIpc) is 1.87. The SMILES string of the molecule is CCC(N)CC(F)=CN. The van der Waals surface area contributed by atoms with E-state index in [1.165, 1.54) is 0 Å². The van der Waals surface area contributed by atoms with Crippen molar-refractivity contribution in [2.75, 3.05) is 0 Å². The Balaban J connectivity index is 3.47. The number of rotatable bonds is 3. The molecule has 0 aliphatic carbocycles. The molecule has 0 aromatic heterocycles. The Morgan fingerprint density at radius 2 is 2.33 bits per heavy atom. The van der Waals surface area contributed by atoms with Crippen molar-refractivity contribution in [1.82, 2.24) is 0 Å². The molecule has 0 bridgehead atoms. The average molecular weight is 132 g/mol. The molecule has 0 fully saturated rings. The number of nitrogens with two attached hydrogens (primary N) is 2. The monoisotopic (exact) mass is 132 g/mol. The van der Waals surface area contributed by atoms with Gasteiger partial charge in [-0.2, -0.15) is 0 Å². The smallest absolute Gasteiger partial charge is 0.117 e. The summed E-state index contributed by atoms with van der Waals surface area (Å²) in [6, 6.07) is -0.0928. The lowest BCUT2D eigenvalue weighted by molar-refractivity contribution is 0.524. The van der Waals surface area contributed by atoms with Crippen LogP contribution in [0.1, 0.15) is 19.8 Å². The summed E-state index contributed by atoms with van der Waals surface area (Å²) in [6.45, 7) is 1.91. The topological polar surface area (TPSA) is 52.0 Å². The molecule has 2 nitrogen and oxygen atoms in total. The van der Waals surface area contributed by atoms with E-state index < -0.39 is 0 Å². The van der Waals surface area contributed by atoms with Crippen molar-refractivity contribution in [1.29, 1.82) is 0 Å². The first-order valence-electron chi connectivity index (χ1n) is 3.02. The van der Waals surface area contributed by atoms with Crippen LogP contribution in [0.5, 0.6) is 0 Å². The molecule has 4 N–H and O–H groups in total. The summed E-state index contributed by atoms with van der Waals surface area (Å²) in [4.78, 5) is 0. The Kier molecular flexibility index (Phi) is 4.05. The van der Waals surface area contributed by atoms with Gasteiger partial charge >= 0.3 is 0 Å². The molecule has 9 heavy (non-hydrogen) atoms. The first-order chi connectivity index (χ1) is 4.20. The van der Waals surface area contributed by atoms with Crippen LogP contribution in [0, 0.1) is 0 Å². The molecule has 0 heterocycles. The third kappa shape index (κ3) is 3.97. The van der Waals surface area contributed by atoms with Gasteiger partial charge in [0.05, 0.1) is 0 Å². The van der Waals surface area contributed by atoms with Crippen molar-refractivity contribution in [3.8, 4) is 0 Å². The van der Waals surface area contributed by atoms with Gasteiger partial charge in [0.25, 0.3) is 0 Å². The van der Waals surface area contributed by atoms with Crippen molar-refractivity contribution in [3.05, 3.63) is 12.0 Å². The van der Waals surface area contributed by atoms with Crippen LogP contribution in [0.4, 0.5) is 4.39 Å². The van der Waals surface area contributed by atoms with Crippen LogP contribution in [0.2, 0.25) is 0 Å². The van der Waals surface area contributed by atoms with E-state index in [1.54, 1.807) is 0 Å². The zero-order chi connectivity index (χ0) is 7.28. The predicted octanol–water partition coefficient (Wildman–Crippen LogP) is 0.883. The van der Waals surface area contributed by atoms with Gasteiger partial charge in [0, 0.05) is 18.7 Å². The van der Waals surface area contributed by atoms with Gasteiger partial charge in [-0.15, -0.1) is 0 Å². The molecule has 0 aromatic carbocycles. The van der Waals surface area contributed by atoms with Gasteiger partial charge in [0.2, 0.25) is 0 Å². The quantitative estimate of drug-likeness (QED) is 0.599. The van der Waals surface area contributed by atoms with E-state index >= 15 is 0 Å². The molecule has 0 aromatic rings. The molecule has 0 spiro atoms. The summed E-state index contributed by atoms with van der Waals surface area (Å²) in [7, 11) is 0. The van der Waals surface area contributed by atoms with E-state index in [0.717, 1.165) is 12.6 Å². The lowest BCUT2D eigenvalue weighted by atomic mass is 10.1. The summed E-state index contributed by atoms with van der Waals surface area (Å²) in [6.07, 6.45) is 1.99. The summed E-state index contributed by atoms with van der Waals surface area (Å²) in [5.74, 6) is -0.329. The highest BCUT2D eigenvalue weighted by molar-refractivity contribution is 4.90. The standard InChI is InChI=1S/C6H13FN2/c1-2-6(9)3-5(7)4-8/h4,6H,2-3,8-9H2,1H3. The van der Waals surface area contributed by atoms with Crippen molar-refractivity contribution in [2.45, 2.75) is 25.8 Å². The van der Waals surface area contributed by atoms with E-state index in [4.69, 9.17) is 11.5 Å². The van der Waals surface area contributed by atoms with Crippen LogP contribution in [0.3, 0.4) is 0 Å². The molecular weight excluding hydrogens is 119 g/mol. The van der Waals surface area contributed by atoms with Crippen LogP contribution in [0.15, 0.2) is 12.0 Å². The molecule has 0 saturated carbocycles. The molecule has 0 radical (unpaired) electrons. The highest BCUT2D eigenvalue weighted by Gasteiger charge is 2.01. The van der Waals surface area contributed by atoms with Gasteiger partial charge in [-0.25, -0.2) is 4.39 Å². The molecule has 54 valence electrons. The van der Waals surface area contributed by atoms with Gasteiger partial charge < -0.3 is 11.5 Å². The molecule has 0 amide bonds. The maximum Gasteiger partial charge on any atom is 0.117 e. The van der Waals surface area contributed by atoms with E-state index in [9.17, 15) is 4.39 Å². The maximum atomic E-state index is 12.2. The molecule has 1 unspecified atom stereocenters. The molecule has 0 aliphatic heterocycles. The molecule has 0 rings (SSSR count). The fourth-order valence-electron chi connectivity index (χ4n) is 0.463. The summed E-state index contributed by atoms with van der Waals surface area (Å²) in [5.41, 5.74) is 10.3. The fourth-order valence-corrected chi connectivity index (χ4v) is 0.463. The Hall–Kier alpha value is -0.570. The third-order valence-corrected chi connectivity index (χ3v) is 1.16. The minimum atomic E-state index is -0.329.